The Labute approximate surface area is 70.4 Å². The Morgan fingerprint density at radius 1 is 1.67 bits per heavy atom. The van der Waals surface area contributed by atoms with Crippen molar-refractivity contribution in [3.63, 3.8) is 0 Å². The molecule has 2 nitrogen and oxygen atoms in total. The Balaban J connectivity index is 3.06. The number of hydrogen-bond donors (Lipinski definition) is 0. The molecule has 0 aliphatic heterocycles. The average Bonchev–Trinajstić information content (AvgIpc) is 1.85. The van der Waals surface area contributed by atoms with Crippen molar-refractivity contribution in [1.29, 1.82) is 0 Å². The lowest BCUT2D eigenvalue weighted by molar-refractivity contribution is 0.350. The number of rotatable bonds is 5. The first-order valence-corrected chi connectivity index (χ1v) is 6.07. The molecular formula is C5H12IO2P. The topological polar surface area (TPSA) is 26.3 Å². The van der Waals surface area contributed by atoms with Gasteiger partial charge in [-0.1, -0.05) is 22.6 Å². The van der Waals surface area contributed by atoms with E-state index in [1.54, 1.807) is 0 Å². The molecule has 1 atom stereocenters. The molecule has 9 heavy (non-hydrogen) atoms. The van der Waals surface area contributed by atoms with Gasteiger partial charge in [-0.15, -0.1) is 0 Å². The molecule has 0 aliphatic carbocycles. The molecule has 0 N–H and O–H groups in total. The van der Waals surface area contributed by atoms with E-state index in [4.69, 9.17) is 4.52 Å². The SMILES string of the molecule is CCO[PH](=O)CCCI. The molecule has 0 saturated carbocycles. The fourth-order valence-electron chi connectivity index (χ4n) is 0.444. The Kier molecular flexibility index (Phi) is 7.75. The van der Waals surface area contributed by atoms with Crippen molar-refractivity contribution >= 4 is 30.6 Å². The van der Waals surface area contributed by atoms with Crippen molar-refractivity contribution < 1.29 is 9.09 Å². The molecule has 0 aromatic carbocycles. The van der Waals surface area contributed by atoms with Crippen LogP contribution in [-0.4, -0.2) is 17.2 Å². The van der Waals surface area contributed by atoms with Gasteiger partial charge in [0.05, 0.1) is 6.61 Å². The largest absolute Gasteiger partial charge is 0.331 e. The quantitative estimate of drug-likeness (QED) is 0.431. The van der Waals surface area contributed by atoms with E-state index in [2.05, 4.69) is 22.6 Å². The minimum absolute atomic E-state index is 0.582. The molecule has 0 rings (SSSR count). The van der Waals surface area contributed by atoms with Crippen molar-refractivity contribution in [2.45, 2.75) is 13.3 Å². The highest BCUT2D eigenvalue weighted by molar-refractivity contribution is 14.1. The van der Waals surface area contributed by atoms with Gasteiger partial charge in [0.2, 0.25) is 0 Å². The maximum Gasteiger partial charge on any atom is 0.191 e. The fourth-order valence-corrected chi connectivity index (χ4v) is 2.48. The summed E-state index contributed by atoms with van der Waals surface area (Å²) in [6.07, 6.45) is 1.76. The standard InChI is InChI=1S/C5H12IO2P/c1-2-8-9(7)5-3-4-6/h9H,2-5H2,1H3. The fraction of sp³-hybridized carbons (Fsp3) is 1.00. The number of alkyl halides is 1. The van der Waals surface area contributed by atoms with Gasteiger partial charge in [0.1, 0.15) is 0 Å². The second-order valence-corrected chi connectivity index (χ2v) is 4.21. The molecule has 4 heteroatoms. The van der Waals surface area contributed by atoms with E-state index < -0.39 is 8.03 Å². The summed E-state index contributed by atoms with van der Waals surface area (Å²) < 4.78 is 16.7. The highest BCUT2D eigenvalue weighted by Gasteiger charge is 1.94. The molecule has 0 amide bonds. The Bertz CT molecular complexity index is 87.0. The maximum atomic E-state index is 10.8. The highest BCUT2D eigenvalue weighted by Crippen LogP contribution is 2.22. The van der Waals surface area contributed by atoms with Crippen LogP contribution in [0.4, 0.5) is 0 Å². The van der Waals surface area contributed by atoms with Crippen LogP contribution < -0.4 is 0 Å². The lowest BCUT2D eigenvalue weighted by Crippen LogP contribution is -1.83. The van der Waals surface area contributed by atoms with Gasteiger partial charge >= 0.3 is 0 Å². The summed E-state index contributed by atoms with van der Waals surface area (Å²) in [7, 11) is -1.66. The normalized spacial score (nSPS) is 13.6. The molecule has 0 aliphatic rings. The van der Waals surface area contributed by atoms with E-state index in [1.807, 2.05) is 6.92 Å². The summed E-state index contributed by atoms with van der Waals surface area (Å²) in [5, 5.41) is 0. The molecule has 0 spiro atoms. The molecule has 0 bridgehead atoms. The van der Waals surface area contributed by atoms with Crippen LogP contribution in [0.25, 0.3) is 0 Å². The molecule has 1 unspecified atom stereocenters. The van der Waals surface area contributed by atoms with Crippen LogP contribution in [0.1, 0.15) is 13.3 Å². The second kappa shape index (κ2) is 7.03. The summed E-state index contributed by atoms with van der Waals surface area (Å²) in [6.45, 7) is 2.45. The van der Waals surface area contributed by atoms with E-state index >= 15 is 0 Å². The second-order valence-electron chi connectivity index (χ2n) is 1.60. The van der Waals surface area contributed by atoms with Crippen molar-refractivity contribution in [3.8, 4) is 0 Å². The van der Waals surface area contributed by atoms with Gasteiger partial charge in [-0.2, -0.15) is 0 Å². The predicted octanol–water partition coefficient (Wildman–Crippen LogP) is 2.32. The lowest BCUT2D eigenvalue weighted by atomic mass is 10.6. The first-order chi connectivity index (χ1) is 4.31. The van der Waals surface area contributed by atoms with Crippen molar-refractivity contribution in [1.82, 2.24) is 0 Å². The van der Waals surface area contributed by atoms with Crippen molar-refractivity contribution in [3.05, 3.63) is 0 Å². The van der Waals surface area contributed by atoms with Crippen LogP contribution in [0.3, 0.4) is 0 Å². The summed E-state index contributed by atoms with van der Waals surface area (Å²) in [4.78, 5) is 0. The van der Waals surface area contributed by atoms with Crippen LogP contribution >= 0.6 is 30.6 Å². The molecule has 0 saturated heterocycles. The zero-order valence-electron chi connectivity index (χ0n) is 5.52. The first-order valence-electron chi connectivity index (χ1n) is 3.02. The summed E-state index contributed by atoms with van der Waals surface area (Å²) >= 11 is 2.27. The highest BCUT2D eigenvalue weighted by atomic mass is 127. The summed E-state index contributed by atoms with van der Waals surface area (Å²) in [6, 6.07) is 0. The van der Waals surface area contributed by atoms with Gasteiger partial charge in [0.15, 0.2) is 8.03 Å². The predicted molar refractivity (Wildman–Crippen MR) is 49.0 cm³/mol. The first kappa shape index (κ1) is 9.92. The molecule has 56 valence electrons. The Morgan fingerprint density at radius 2 is 2.33 bits per heavy atom. The van der Waals surface area contributed by atoms with Gasteiger partial charge in [-0.05, 0) is 13.3 Å². The van der Waals surface area contributed by atoms with Crippen LogP contribution in [-0.2, 0) is 9.09 Å². The smallest absolute Gasteiger partial charge is 0.191 e. The number of halogens is 1. The van der Waals surface area contributed by atoms with Crippen LogP contribution in [0.5, 0.6) is 0 Å². The lowest BCUT2D eigenvalue weighted by Gasteiger charge is -1.97. The minimum Gasteiger partial charge on any atom is -0.331 e. The molecule has 0 heterocycles. The Hall–Kier alpha value is 0.920. The summed E-state index contributed by atoms with van der Waals surface area (Å²) in [5.74, 6) is 0. The average molecular weight is 262 g/mol. The van der Waals surface area contributed by atoms with Gasteiger partial charge in [0, 0.05) is 10.6 Å². The maximum absolute atomic E-state index is 10.8. The number of hydrogen-bond acceptors (Lipinski definition) is 2. The monoisotopic (exact) mass is 262 g/mol. The molecule has 0 fully saturated rings. The molecule has 0 aromatic rings. The van der Waals surface area contributed by atoms with Gasteiger partial charge in [0.25, 0.3) is 0 Å². The molecule has 0 radical (unpaired) electrons. The third kappa shape index (κ3) is 6.81. The van der Waals surface area contributed by atoms with Crippen LogP contribution in [0.2, 0.25) is 0 Å². The molecular weight excluding hydrogens is 250 g/mol. The van der Waals surface area contributed by atoms with E-state index in [1.165, 1.54) is 0 Å². The van der Waals surface area contributed by atoms with Gasteiger partial charge in [-0.3, -0.25) is 4.57 Å². The van der Waals surface area contributed by atoms with E-state index in [0.717, 1.165) is 17.0 Å². The van der Waals surface area contributed by atoms with Crippen molar-refractivity contribution in [2.75, 3.05) is 17.2 Å². The summed E-state index contributed by atoms with van der Waals surface area (Å²) in [5.41, 5.74) is 0. The zero-order valence-corrected chi connectivity index (χ0v) is 8.68. The Morgan fingerprint density at radius 3 is 2.78 bits per heavy atom. The third-order valence-electron chi connectivity index (χ3n) is 0.820. The molecule has 0 aromatic heterocycles. The van der Waals surface area contributed by atoms with Gasteiger partial charge in [-0.25, -0.2) is 0 Å². The van der Waals surface area contributed by atoms with Gasteiger partial charge < -0.3 is 4.52 Å². The zero-order chi connectivity index (χ0) is 7.11. The van der Waals surface area contributed by atoms with E-state index in [-0.39, 0.29) is 0 Å². The van der Waals surface area contributed by atoms with Crippen molar-refractivity contribution in [2.24, 2.45) is 0 Å². The van der Waals surface area contributed by atoms with Crippen LogP contribution in [0, 0.1) is 0 Å². The van der Waals surface area contributed by atoms with Crippen LogP contribution in [0.15, 0.2) is 0 Å². The van der Waals surface area contributed by atoms with E-state index in [0.29, 0.717) is 6.61 Å². The minimum atomic E-state index is -1.66. The third-order valence-corrected chi connectivity index (χ3v) is 2.96. The van der Waals surface area contributed by atoms with E-state index in [9.17, 15) is 4.57 Å².